The van der Waals surface area contributed by atoms with Gasteiger partial charge in [-0.15, -0.1) is 10.2 Å². The number of carbonyl (C=O) groups is 1. The van der Waals surface area contributed by atoms with Crippen LogP contribution in [0, 0.1) is 5.92 Å². The van der Waals surface area contributed by atoms with Gasteiger partial charge < -0.3 is 15.1 Å². The molecule has 7 nitrogen and oxygen atoms in total. The van der Waals surface area contributed by atoms with Crippen LogP contribution in [0.3, 0.4) is 0 Å². The van der Waals surface area contributed by atoms with E-state index in [1.807, 2.05) is 30.5 Å². The molecule has 1 amide bonds. The molecule has 0 spiro atoms. The summed E-state index contributed by atoms with van der Waals surface area (Å²) in [6.07, 6.45) is 1.82. The van der Waals surface area contributed by atoms with Crippen molar-refractivity contribution in [2.75, 3.05) is 42.5 Å². The van der Waals surface area contributed by atoms with Gasteiger partial charge in [0.15, 0.2) is 11.5 Å². The summed E-state index contributed by atoms with van der Waals surface area (Å²) in [5.41, 5.74) is 0.358. The van der Waals surface area contributed by atoms with Crippen LogP contribution < -0.4 is 15.1 Å². The predicted octanol–water partition coefficient (Wildman–Crippen LogP) is 1.58. The Kier molecular flexibility index (Phi) is 5.42. The molecule has 1 aliphatic heterocycles. The van der Waals surface area contributed by atoms with Crippen molar-refractivity contribution in [3.8, 4) is 0 Å². The molecule has 0 saturated carbocycles. The molecule has 132 valence electrons. The van der Waals surface area contributed by atoms with Crippen molar-refractivity contribution in [1.82, 2.24) is 20.5 Å². The number of amides is 1. The maximum Gasteiger partial charge on any atom is 0.271 e. The molecule has 0 aliphatic carbocycles. The Balaban J connectivity index is 1.56. The molecule has 0 unspecified atom stereocenters. The number of hydrogen-bond acceptors (Lipinski definition) is 6. The maximum atomic E-state index is 12.0. The molecule has 3 rings (SSSR count). The normalized spacial score (nSPS) is 14.7. The van der Waals surface area contributed by atoms with Crippen molar-refractivity contribution in [2.24, 2.45) is 5.92 Å². The van der Waals surface area contributed by atoms with Gasteiger partial charge in [-0.25, -0.2) is 4.98 Å². The van der Waals surface area contributed by atoms with Crippen molar-refractivity contribution >= 4 is 17.5 Å². The molecule has 7 heteroatoms. The Morgan fingerprint density at radius 2 is 1.76 bits per heavy atom. The number of carbonyl (C=O) groups excluding carboxylic acids is 1. The molecule has 0 radical (unpaired) electrons. The largest absolute Gasteiger partial charge is 0.353 e. The number of aromatic nitrogens is 3. The lowest BCUT2D eigenvalue weighted by Gasteiger charge is -2.35. The van der Waals surface area contributed by atoms with E-state index in [1.165, 1.54) is 0 Å². The third-order valence-electron chi connectivity index (χ3n) is 4.13. The number of piperazine rings is 1. The van der Waals surface area contributed by atoms with Gasteiger partial charge in [-0.2, -0.15) is 0 Å². The summed E-state index contributed by atoms with van der Waals surface area (Å²) in [4.78, 5) is 20.8. The molecule has 1 N–H and O–H groups in total. The summed E-state index contributed by atoms with van der Waals surface area (Å²) >= 11 is 0. The number of rotatable bonds is 5. The Bertz CT molecular complexity index is 680. The highest BCUT2D eigenvalue weighted by atomic mass is 16.1. The molecular formula is C18H24N6O. The molecular weight excluding hydrogens is 316 g/mol. The monoisotopic (exact) mass is 340 g/mol. The van der Waals surface area contributed by atoms with E-state index in [0.29, 0.717) is 18.2 Å². The second-order valence-electron chi connectivity index (χ2n) is 6.54. The first-order chi connectivity index (χ1) is 12.1. The van der Waals surface area contributed by atoms with E-state index in [-0.39, 0.29) is 5.91 Å². The number of anilines is 2. The fourth-order valence-corrected chi connectivity index (χ4v) is 2.71. The average molecular weight is 340 g/mol. The fourth-order valence-electron chi connectivity index (χ4n) is 2.71. The van der Waals surface area contributed by atoms with Crippen LogP contribution in [0.5, 0.6) is 0 Å². The minimum Gasteiger partial charge on any atom is -0.353 e. The highest BCUT2D eigenvalue weighted by molar-refractivity contribution is 5.92. The lowest BCUT2D eigenvalue weighted by molar-refractivity contribution is 0.0943. The Morgan fingerprint density at radius 1 is 1.04 bits per heavy atom. The predicted molar refractivity (Wildman–Crippen MR) is 97.9 cm³/mol. The third-order valence-corrected chi connectivity index (χ3v) is 4.13. The van der Waals surface area contributed by atoms with Gasteiger partial charge in [0.2, 0.25) is 0 Å². The number of nitrogens with zero attached hydrogens (tertiary/aromatic N) is 5. The summed E-state index contributed by atoms with van der Waals surface area (Å²) in [5.74, 6) is 2.05. The zero-order valence-corrected chi connectivity index (χ0v) is 14.7. The van der Waals surface area contributed by atoms with Crippen LogP contribution >= 0.6 is 0 Å². The lowest BCUT2D eigenvalue weighted by atomic mass is 10.2. The molecule has 25 heavy (non-hydrogen) atoms. The summed E-state index contributed by atoms with van der Waals surface area (Å²) in [6, 6.07) is 9.56. The van der Waals surface area contributed by atoms with Gasteiger partial charge in [-0.3, -0.25) is 4.79 Å². The molecule has 0 aromatic carbocycles. The Hall–Kier alpha value is -2.70. The SMILES string of the molecule is CC(C)CNC(=O)c1ccc(N2CCN(c3ccccn3)CC2)nn1. The van der Waals surface area contributed by atoms with Crippen LogP contribution in [-0.4, -0.2) is 53.8 Å². The van der Waals surface area contributed by atoms with Gasteiger partial charge in [0.05, 0.1) is 0 Å². The van der Waals surface area contributed by atoms with E-state index in [1.54, 1.807) is 6.07 Å². The lowest BCUT2D eigenvalue weighted by Crippen LogP contribution is -2.47. The summed E-state index contributed by atoms with van der Waals surface area (Å²) < 4.78 is 0. The maximum absolute atomic E-state index is 12.0. The second-order valence-corrected chi connectivity index (χ2v) is 6.54. The van der Waals surface area contributed by atoms with E-state index in [0.717, 1.165) is 37.8 Å². The summed E-state index contributed by atoms with van der Waals surface area (Å²) in [5, 5.41) is 11.2. The Morgan fingerprint density at radius 3 is 2.32 bits per heavy atom. The average Bonchev–Trinajstić information content (AvgIpc) is 2.67. The van der Waals surface area contributed by atoms with Gasteiger partial charge in [0.25, 0.3) is 5.91 Å². The molecule has 0 bridgehead atoms. The fraction of sp³-hybridized carbons (Fsp3) is 0.444. The smallest absolute Gasteiger partial charge is 0.271 e. The molecule has 2 aromatic heterocycles. The van der Waals surface area contributed by atoms with Crippen LogP contribution in [0.1, 0.15) is 24.3 Å². The van der Waals surface area contributed by atoms with Crippen LogP contribution in [-0.2, 0) is 0 Å². The highest BCUT2D eigenvalue weighted by Gasteiger charge is 2.19. The van der Waals surface area contributed by atoms with Crippen LogP contribution in [0.2, 0.25) is 0 Å². The highest BCUT2D eigenvalue weighted by Crippen LogP contribution is 2.16. The van der Waals surface area contributed by atoms with Crippen molar-refractivity contribution in [1.29, 1.82) is 0 Å². The van der Waals surface area contributed by atoms with E-state index < -0.39 is 0 Å². The minimum atomic E-state index is -0.173. The molecule has 3 heterocycles. The number of nitrogens with one attached hydrogen (secondary N) is 1. The summed E-state index contributed by atoms with van der Waals surface area (Å²) in [6.45, 7) is 8.22. The van der Waals surface area contributed by atoms with Crippen LogP contribution in [0.25, 0.3) is 0 Å². The molecule has 0 atom stereocenters. The molecule has 1 fully saturated rings. The van der Waals surface area contributed by atoms with Crippen molar-refractivity contribution in [3.63, 3.8) is 0 Å². The van der Waals surface area contributed by atoms with Crippen molar-refractivity contribution in [3.05, 3.63) is 42.2 Å². The van der Waals surface area contributed by atoms with Gasteiger partial charge >= 0.3 is 0 Å². The van der Waals surface area contributed by atoms with Crippen molar-refractivity contribution < 1.29 is 4.79 Å². The molecule has 1 aliphatic rings. The first kappa shape index (κ1) is 17.1. The van der Waals surface area contributed by atoms with E-state index in [2.05, 4.69) is 44.1 Å². The molecule has 1 saturated heterocycles. The standard InChI is InChI=1S/C18H24N6O/c1-14(2)13-20-18(25)15-6-7-17(22-21-15)24-11-9-23(10-12-24)16-5-3-4-8-19-16/h3-8,14H,9-13H2,1-2H3,(H,20,25). The van der Waals surface area contributed by atoms with E-state index in [9.17, 15) is 4.79 Å². The molecule has 2 aromatic rings. The van der Waals surface area contributed by atoms with E-state index >= 15 is 0 Å². The topological polar surface area (TPSA) is 74.2 Å². The van der Waals surface area contributed by atoms with Crippen LogP contribution in [0.15, 0.2) is 36.5 Å². The summed E-state index contributed by atoms with van der Waals surface area (Å²) in [7, 11) is 0. The quantitative estimate of drug-likeness (QED) is 0.891. The van der Waals surface area contributed by atoms with E-state index in [4.69, 9.17) is 0 Å². The van der Waals surface area contributed by atoms with Gasteiger partial charge in [0, 0.05) is 38.9 Å². The third kappa shape index (κ3) is 4.43. The Labute approximate surface area is 148 Å². The van der Waals surface area contributed by atoms with Crippen molar-refractivity contribution in [2.45, 2.75) is 13.8 Å². The number of pyridine rings is 1. The first-order valence-electron chi connectivity index (χ1n) is 8.66. The zero-order chi connectivity index (χ0) is 17.6. The van der Waals surface area contributed by atoms with Crippen LogP contribution in [0.4, 0.5) is 11.6 Å². The van der Waals surface area contributed by atoms with Gasteiger partial charge in [-0.1, -0.05) is 19.9 Å². The first-order valence-corrected chi connectivity index (χ1v) is 8.66. The number of hydrogen-bond donors (Lipinski definition) is 1. The second kappa shape index (κ2) is 7.92. The van der Waals surface area contributed by atoms with Gasteiger partial charge in [0.1, 0.15) is 5.82 Å². The minimum absolute atomic E-state index is 0.173. The zero-order valence-electron chi connectivity index (χ0n) is 14.7. The van der Waals surface area contributed by atoms with Gasteiger partial charge in [-0.05, 0) is 30.2 Å².